The highest BCUT2D eigenvalue weighted by Gasteiger charge is 2.45. The Balaban J connectivity index is 2.74. The summed E-state index contributed by atoms with van der Waals surface area (Å²) in [6.45, 7) is 0. The minimum atomic E-state index is -1.39. The standard InChI is InChI=1S/C9H6BrClF3N/c10-4-3(9(15)1-2-9)6(12)8(14)5(11)7(4)13/h1-2,15H2. The van der Waals surface area contributed by atoms with Crippen LogP contribution in [0.1, 0.15) is 18.4 Å². The molecule has 0 radical (unpaired) electrons. The molecule has 1 nitrogen and oxygen atoms in total. The Labute approximate surface area is 97.5 Å². The van der Waals surface area contributed by atoms with Crippen molar-refractivity contribution in [2.45, 2.75) is 18.4 Å². The van der Waals surface area contributed by atoms with E-state index in [2.05, 4.69) is 15.9 Å². The van der Waals surface area contributed by atoms with E-state index in [9.17, 15) is 13.2 Å². The minimum absolute atomic E-state index is 0.165. The number of hydrogen-bond acceptors (Lipinski definition) is 1. The van der Waals surface area contributed by atoms with E-state index >= 15 is 0 Å². The van der Waals surface area contributed by atoms with Gasteiger partial charge in [0.1, 0.15) is 5.02 Å². The maximum Gasteiger partial charge on any atom is 0.180 e. The van der Waals surface area contributed by atoms with Crippen LogP contribution < -0.4 is 5.73 Å². The summed E-state index contributed by atoms with van der Waals surface area (Å²) in [5.41, 5.74) is 4.58. The predicted molar refractivity (Wildman–Crippen MR) is 54.1 cm³/mol. The van der Waals surface area contributed by atoms with Crippen LogP contribution in [0.2, 0.25) is 5.02 Å². The van der Waals surface area contributed by atoms with Gasteiger partial charge >= 0.3 is 0 Å². The van der Waals surface area contributed by atoms with Crippen LogP contribution in [-0.2, 0) is 5.54 Å². The lowest BCUT2D eigenvalue weighted by atomic mass is 10.0. The lowest BCUT2D eigenvalue weighted by Crippen LogP contribution is -2.22. The van der Waals surface area contributed by atoms with Gasteiger partial charge in [0.2, 0.25) is 0 Å². The van der Waals surface area contributed by atoms with E-state index < -0.39 is 28.0 Å². The fourth-order valence-corrected chi connectivity index (χ4v) is 2.49. The first kappa shape index (κ1) is 11.2. The zero-order chi connectivity index (χ0) is 11.4. The van der Waals surface area contributed by atoms with Crippen molar-refractivity contribution in [2.75, 3.05) is 0 Å². The van der Waals surface area contributed by atoms with Crippen molar-refractivity contribution in [3.63, 3.8) is 0 Å². The van der Waals surface area contributed by atoms with E-state index in [0.717, 1.165) is 0 Å². The lowest BCUT2D eigenvalue weighted by molar-refractivity contribution is 0.469. The molecule has 0 bridgehead atoms. The molecule has 15 heavy (non-hydrogen) atoms. The van der Waals surface area contributed by atoms with Gasteiger partial charge in [0.25, 0.3) is 0 Å². The monoisotopic (exact) mass is 299 g/mol. The lowest BCUT2D eigenvalue weighted by Gasteiger charge is -2.15. The van der Waals surface area contributed by atoms with E-state index in [0.29, 0.717) is 12.8 Å². The van der Waals surface area contributed by atoms with Crippen molar-refractivity contribution in [1.82, 2.24) is 0 Å². The second-order valence-corrected chi connectivity index (χ2v) is 4.77. The molecule has 0 unspecified atom stereocenters. The van der Waals surface area contributed by atoms with Crippen molar-refractivity contribution in [3.05, 3.63) is 32.5 Å². The summed E-state index contributed by atoms with van der Waals surface area (Å²) in [6, 6.07) is 0. The smallest absolute Gasteiger partial charge is 0.180 e. The molecule has 1 aliphatic rings. The summed E-state index contributed by atoms with van der Waals surface area (Å²) >= 11 is 8.12. The normalized spacial score (nSPS) is 18.0. The molecule has 1 aliphatic carbocycles. The van der Waals surface area contributed by atoms with Gasteiger partial charge in [-0.15, -0.1) is 0 Å². The Morgan fingerprint density at radius 2 is 1.67 bits per heavy atom. The summed E-state index contributed by atoms with van der Waals surface area (Å²) < 4.78 is 39.8. The van der Waals surface area contributed by atoms with Gasteiger partial charge in [-0.3, -0.25) is 0 Å². The summed E-state index contributed by atoms with van der Waals surface area (Å²) in [7, 11) is 0. The van der Waals surface area contributed by atoms with Crippen LogP contribution in [-0.4, -0.2) is 0 Å². The van der Waals surface area contributed by atoms with Crippen molar-refractivity contribution >= 4 is 27.5 Å². The Morgan fingerprint density at radius 1 is 1.13 bits per heavy atom. The predicted octanol–water partition coefficient (Wildman–Crippen LogP) is 3.47. The Kier molecular flexibility index (Phi) is 2.52. The number of nitrogens with two attached hydrogens (primary N) is 1. The Morgan fingerprint density at radius 3 is 2.13 bits per heavy atom. The quantitative estimate of drug-likeness (QED) is 0.624. The highest BCUT2D eigenvalue weighted by molar-refractivity contribution is 9.10. The molecule has 2 N–H and O–H groups in total. The topological polar surface area (TPSA) is 26.0 Å². The van der Waals surface area contributed by atoms with Crippen LogP contribution in [0.15, 0.2) is 4.47 Å². The first-order chi connectivity index (χ1) is 6.88. The maximum absolute atomic E-state index is 13.5. The molecule has 2 rings (SSSR count). The molecule has 6 heteroatoms. The highest BCUT2D eigenvalue weighted by atomic mass is 79.9. The Bertz CT molecular complexity index is 416. The van der Waals surface area contributed by atoms with Gasteiger partial charge in [-0.1, -0.05) is 11.6 Å². The molecule has 1 aromatic carbocycles. The fourth-order valence-electron chi connectivity index (χ4n) is 1.43. The summed E-state index contributed by atoms with van der Waals surface area (Å²) in [5.74, 6) is -3.57. The van der Waals surface area contributed by atoms with E-state index in [1.165, 1.54) is 0 Å². The summed E-state index contributed by atoms with van der Waals surface area (Å²) in [4.78, 5) is 0. The van der Waals surface area contributed by atoms with Crippen LogP contribution in [0, 0.1) is 17.5 Å². The third kappa shape index (κ3) is 1.57. The van der Waals surface area contributed by atoms with Gasteiger partial charge in [-0.2, -0.15) is 0 Å². The van der Waals surface area contributed by atoms with Gasteiger partial charge in [-0.25, -0.2) is 13.2 Å². The number of halogens is 5. The number of benzene rings is 1. The van der Waals surface area contributed by atoms with E-state index in [1.807, 2.05) is 0 Å². The van der Waals surface area contributed by atoms with Crippen molar-refractivity contribution in [1.29, 1.82) is 0 Å². The second-order valence-electron chi connectivity index (χ2n) is 3.60. The van der Waals surface area contributed by atoms with Gasteiger partial charge < -0.3 is 5.73 Å². The van der Waals surface area contributed by atoms with Crippen LogP contribution in [0.5, 0.6) is 0 Å². The molecular formula is C9H6BrClF3N. The first-order valence-corrected chi connectivity index (χ1v) is 5.36. The molecule has 82 valence electrons. The second kappa shape index (κ2) is 3.37. The Hall–Kier alpha value is -0.260. The van der Waals surface area contributed by atoms with Crippen molar-refractivity contribution in [2.24, 2.45) is 5.73 Å². The first-order valence-electron chi connectivity index (χ1n) is 4.19. The van der Waals surface area contributed by atoms with Crippen LogP contribution >= 0.6 is 27.5 Å². The fraction of sp³-hybridized carbons (Fsp3) is 0.333. The molecule has 0 atom stereocenters. The molecule has 0 aliphatic heterocycles. The van der Waals surface area contributed by atoms with E-state index in [1.54, 1.807) is 0 Å². The molecular weight excluding hydrogens is 294 g/mol. The number of rotatable bonds is 1. The summed E-state index contributed by atoms with van der Waals surface area (Å²) in [5, 5.41) is -0.854. The van der Waals surface area contributed by atoms with Crippen LogP contribution in [0.25, 0.3) is 0 Å². The van der Waals surface area contributed by atoms with Crippen LogP contribution in [0.3, 0.4) is 0 Å². The third-order valence-electron chi connectivity index (χ3n) is 2.50. The molecule has 1 saturated carbocycles. The van der Waals surface area contributed by atoms with Gasteiger partial charge in [0, 0.05) is 11.1 Å². The average Bonchev–Trinajstić information content (AvgIpc) is 2.91. The summed E-state index contributed by atoms with van der Waals surface area (Å²) in [6.07, 6.45) is 1.01. The van der Waals surface area contributed by atoms with Gasteiger partial charge in [0.15, 0.2) is 17.5 Å². The van der Waals surface area contributed by atoms with E-state index in [4.69, 9.17) is 17.3 Å². The van der Waals surface area contributed by atoms with Crippen LogP contribution in [0.4, 0.5) is 13.2 Å². The maximum atomic E-state index is 13.5. The van der Waals surface area contributed by atoms with Gasteiger partial charge in [0.05, 0.1) is 4.47 Å². The van der Waals surface area contributed by atoms with Crippen molar-refractivity contribution in [3.8, 4) is 0 Å². The zero-order valence-corrected chi connectivity index (χ0v) is 9.72. The molecule has 1 fully saturated rings. The molecule has 0 saturated heterocycles. The SMILES string of the molecule is NC1(c2c(F)c(F)c(Cl)c(F)c2Br)CC1. The number of hydrogen-bond donors (Lipinski definition) is 1. The van der Waals surface area contributed by atoms with E-state index in [-0.39, 0.29) is 10.0 Å². The van der Waals surface area contributed by atoms with Gasteiger partial charge in [-0.05, 0) is 28.8 Å². The molecule has 0 aromatic heterocycles. The average molecular weight is 301 g/mol. The zero-order valence-electron chi connectivity index (χ0n) is 7.38. The highest BCUT2D eigenvalue weighted by Crippen LogP contribution is 2.48. The molecule has 0 spiro atoms. The molecule has 1 aromatic rings. The van der Waals surface area contributed by atoms with Crippen molar-refractivity contribution < 1.29 is 13.2 Å². The minimum Gasteiger partial charge on any atom is -0.321 e. The third-order valence-corrected chi connectivity index (χ3v) is 3.57. The molecule has 0 heterocycles. The largest absolute Gasteiger partial charge is 0.321 e. The molecule has 0 amide bonds.